The Hall–Kier alpha value is -2.64. The first kappa shape index (κ1) is 16.4. The SMILES string of the molecule is CCNC(=O)CCNC(=O)Nc1ccc(F)c(C(=O)O)c1. The highest BCUT2D eigenvalue weighted by atomic mass is 19.1. The largest absolute Gasteiger partial charge is 0.478 e. The Balaban J connectivity index is 2.50. The molecular weight excluding hydrogens is 281 g/mol. The summed E-state index contributed by atoms with van der Waals surface area (Å²) in [5.74, 6) is -2.50. The summed E-state index contributed by atoms with van der Waals surface area (Å²) < 4.78 is 13.2. The number of aromatic carboxylic acids is 1. The van der Waals surface area contributed by atoms with E-state index in [-0.39, 0.29) is 24.6 Å². The molecule has 0 spiro atoms. The van der Waals surface area contributed by atoms with E-state index in [1.165, 1.54) is 6.07 Å². The Morgan fingerprint density at radius 1 is 1.24 bits per heavy atom. The molecule has 3 amide bonds. The average molecular weight is 297 g/mol. The van der Waals surface area contributed by atoms with Crippen LogP contribution in [0.4, 0.5) is 14.9 Å². The molecule has 1 rings (SSSR count). The van der Waals surface area contributed by atoms with E-state index in [1.807, 2.05) is 0 Å². The normalized spacial score (nSPS) is 9.81. The smallest absolute Gasteiger partial charge is 0.338 e. The van der Waals surface area contributed by atoms with E-state index in [4.69, 9.17) is 5.11 Å². The van der Waals surface area contributed by atoms with Crippen molar-refractivity contribution in [3.8, 4) is 0 Å². The number of carbonyl (C=O) groups excluding carboxylic acids is 2. The second-order valence-corrected chi connectivity index (χ2v) is 4.08. The van der Waals surface area contributed by atoms with Crippen LogP contribution in [0.3, 0.4) is 0 Å². The minimum atomic E-state index is -1.42. The van der Waals surface area contributed by atoms with Crippen molar-refractivity contribution >= 4 is 23.6 Å². The third-order valence-corrected chi connectivity index (χ3v) is 2.47. The fraction of sp³-hybridized carbons (Fsp3) is 0.308. The summed E-state index contributed by atoms with van der Waals surface area (Å²) in [6.07, 6.45) is 0.130. The number of hydrogen-bond acceptors (Lipinski definition) is 3. The van der Waals surface area contributed by atoms with Crippen molar-refractivity contribution in [2.24, 2.45) is 0 Å². The van der Waals surface area contributed by atoms with Crippen LogP contribution < -0.4 is 16.0 Å². The molecule has 0 aliphatic rings. The molecule has 0 aliphatic carbocycles. The molecule has 4 N–H and O–H groups in total. The lowest BCUT2D eigenvalue weighted by molar-refractivity contribution is -0.120. The van der Waals surface area contributed by atoms with E-state index in [1.54, 1.807) is 6.92 Å². The van der Waals surface area contributed by atoms with Gasteiger partial charge in [-0.3, -0.25) is 4.79 Å². The van der Waals surface area contributed by atoms with E-state index in [0.717, 1.165) is 12.1 Å². The van der Waals surface area contributed by atoms with Crippen LogP contribution in [0.25, 0.3) is 0 Å². The number of carbonyl (C=O) groups is 3. The van der Waals surface area contributed by atoms with Crippen molar-refractivity contribution in [3.63, 3.8) is 0 Å². The lowest BCUT2D eigenvalue weighted by Gasteiger charge is -2.08. The van der Waals surface area contributed by atoms with Crippen molar-refractivity contribution in [1.29, 1.82) is 0 Å². The standard InChI is InChI=1S/C13H16FN3O4/c1-2-15-11(18)5-6-16-13(21)17-8-3-4-10(14)9(7-8)12(19)20/h3-4,7H,2,5-6H2,1H3,(H,15,18)(H,19,20)(H2,16,17,21). The average Bonchev–Trinajstić information content (AvgIpc) is 2.41. The summed E-state index contributed by atoms with van der Waals surface area (Å²) in [4.78, 5) is 33.4. The number of carboxylic acids is 1. The fourth-order valence-corrected chi connectivity index (χ4v) is 1.52. The van der Waals surface area contributed by atoms with Crippen LogP contribution in [-0.4, -0.2) is 36.1 Å². The van der Waals surface area contributed by atoms with Gasteiger partial charge in [0, 0.05) is 25.2 Å². The van der Waals surface area contributed by atoms with Crippen LogP contribution in [0.15, 0.2) is 18.2 Å². The first-order valence-corrected chi connectivity index (χ1v) is 6.28. The number of anilines is 1. The van der Waals surface area contributed by atoms with Crippen LogP contribution in [0.2, 0.25) is 0 Å². The highest BCUT2D eigenvalue weighted by Crippen LogP contribution is 2.14. The third kappa shape index (κ3) is 5.47. The summed E-state index contributed by atoms with van der Waals surface area (Å²) in [5, 5.41) is 16.1. The molecule has 0 aliphatic heterocycles. The number of amides is 3. The Bertz CT molecular complexity index is 548. The molecule has 0 unspecified atom stereocenters. The Morgan fingerprint density at radius 2 is 1.95 bits per heavy atom. The molecule has 0 aromatic heterocycles. The number of rotatable bonds is 6. The van der Waals surface area contributed by atoms with Gasteiger partial charge in [0.2, 0.25) is 5.91 Å². The van der Waals surface area contributed by atoms with Gasteiger partial charge in [-0.2, -0.15) is 0 Å². The molecule has 7 nitrogen and oxygen atoms in total. The molecule has 21 heavy (non-hydrogen) atoms. The van der Waals surface area contributed by atoms with Crippen LogP contribution in [0.1, 0.15) is 23.7 Å². The topological polar surface area (TPSA) is 108 Å². The number of carboxylic acid groups (broad SMARTS) is 1. The highest BCUT2D eigenvalue weighted by molar-refractivity contribution is 5.93. The van der Waals surface area contributed by atoms with Gasteiger partial charge in [-0.25, -0.2) is 14.0 Å². The molecule has 0 bridgehead atoms. The van der Waals surface area contributed by atoms with Crippen LogP contribution in [0, 0.1) is 5.82 Å². The van der Waals surface area contributed by atoms with E-state index in [9.17, 15) is 18.8 Å². The zero-order chi connectivity index (χ0) is 15.8. The Kier molecular flexibility index (Phi) is 6.12. The number of hydrogen-bond donors (Lipinski definition) is 4. The molecule has 0 fully saturated rings. The van der Waals surface area contributed by atoms with Crippen LogP contribution in [0.5, 0.6) is 0 Å². The van der Waals surface area contributed by atoms with E-state index < -0.39 is 23.4 Å². The molecule has 114 valence electrons. The Labute approximate surface area is 120 Å². The zero-order valence-electron chi connectivity index (χ0n) is 11.4. The van der Waals surface area contributed by atoms with Crippen molar-refractivity contribution in [3.05, 3.63) is 29.6 Å². The lowest BCUT2D eigenvalue weighted by Crippen LogP contribution is -2.33. The number of urea groups is 1. The molecule has 1 aromatic rings. The maximum atomic E-state index is 13.2. The summed E-state index contributed by atoms with van der Waals surface area (Å²) in [5.41, 5.74) is -0.389. The summed E-state index contributed by atoms with van der Waals surface area (Å²) in [6, 6.07) is 2.60. The van der Waals surface area contributed by atoms with Crippen molar-refractivity contribution < 1.29 is 23.9 Å². The van der Waals surface area contributed by atoms with Gasteiger partial charge in [0.1, 0.15) is 5.82 Å². The molecule has 8 heteroatoms. The van der Waals surface area contributed by atoms with Gasteiger partial charge in [0.25, 0.3) is 0 Å². The molecule has 0 saturated carbocycles. The minimum absolute atomic E-state index is 0.130. The summed E-state index contributed by atoms with van der Waals surface area (Å²) in [7, 11) is 0. The molecule has 1 aromatic carbocycles. The van der Waals surface area contributed by atoms with Gasteiger partial charge in [0.05, 0.1) is 5.56 Å². The van der Waals surface area contributed by atoms with E-state index >= 15 is 0 Å². The number of benzene rings is 1. The van der Waals surface area contributed by atoms with Crippen LogP contribution in [-0.2, 0) is 4.79 Å². The lowest BCUT2D eigenvalue weighted by atomic mass is 10.2. The summed E-state index contributed by atoms with van der Waals surface area (Å²) >= 11 is 0. The number of halogens is 1. The van der Waals surface area contributed by atoms with Crippen molar-refractivity contribution in [2.75, 3.05) is 18.4 Å². The first-order valence-electron chi connectivity index (χ1n) is 6.28. The zero-order valence-corrected chi connectivity index (χ0v) is 11.4. The van der Waals surface area contributed by atoms with Gasteiger partial charge >= 0.3 is 12.0 Å². The minimum Gasteiger partial charge on any atom is -0.478 e. The third-order valence-electron chi connectivity index (χ3n) is 2.47. The van der Waals surface area contributed by atoms with Crippen molar-refractivity contribution in [2.45, 2.75) is 13.3 Å². The van der Waals surface area contributed by atoms with Gasteiger partial charge < -0.3 is 21.1 Å². The maximum Gasteiger partial charge on any atom is 0.338 e. The van der Waals surface area contributed by atoms with Crippen LogP contribution >= 0.6 is 0 Å². The molecule has 0 atom stereocenters. The van der Waals surface area contributed by atoms with Gasteiger partial charge in [-0.1, -0.05) is 0 Å². The summed E-state index contributed by atoms with van der Waals surface area (Å²) in [6.45, 7) is 2.43. The van der Waals surface area contributed by atoms with Gasteiger partial charge in [0.15, 0.2) is 0 Å². The highest BCUT2D eigenvalue weighted by Gasteiger charge is 2.12. The molecule has 0 saturated heterocycles. The van der Waals surface area contributed by atoms with E-state index in [2.05, 4.69) is 16.0 Å². The quantitative estimate of drug-likeness (QED) is 0.632. The van der Waals surface area contributed by atoms with Crippen molar-refractivity contribution in [1.82, 2.24) is 10.6 Å². The molecule has 0 heterocycles. The number of nitrogens with one attached hydrogen (secondary N) is 3. The monoisotopic (exact) mass is 297 g/mol. The first-order chi connectivity index (χ1) is 9.93. The predicted molar refractivity (Wildman–Crippen MR) is 73.7 cm³/mol. The Morgan fingerprint density at radius 3 is 2.57 bits per heavy atom. The fourth-order valence-electron chi connectivity index (χ4n) is 1.52. The predicted octanol–water partition coefficient (Wildman–Crippen LogP) is 1.17. The van der Waals surface area contributed by atoms with Gasteiger partial charge in [-0.05, 0) is 25.1 Å². The van der Waals surface area contributed by atoms with E-state index in [0.29, 0.717) is 6.54 Å². The van der Waals surface area contributed by atoms with Gasteiger partial charge in [-0.15, -0.1) is 0 Å². The maximum absolute atomic E-state index is 13.2. The molecule has 0 radical (unpaired) electrons. The molecular formula is C13H16FN3O4. The second-order valence-electron chi connectivity index (χ2n) is 4.08. The second kappa shape index (κ2) is 7.83.